The Morgan fingerprint density at radius 2 is 1.69 bits per heavy atom. The van der Waals surface area contributed by atoms with E-state index >= 15 is 0 Å². The molecule has 1 aliphatic carbocycles. The molecule has 0 saturated carbocycles. The second kappa shape index (κ2) is 7.45. The van der Waals surface area contributed by atoms with Crippen LogP contribution in [0, 0.1) is 6.92 Å². The Labute approximate surface area is 187 Å². The first-order valence-electron chi connectivity index (χ1n) is 11.2. The number of carbonyl (C=O) groups excluding carboxylic acids is 1. The zero-order chi connectivity index (χ0) is 21.7. The highest BCUT2D eigenvalue weighted by Crippen LogP contribution is 2.51. The lowest BCUT2D eigenvalue weighted by Crippen LogP contribution is -2.30. The molecule has 0 spiro atoms. The minimum Gasteiger partial charge on any atom is -0.373 e. The summed E-state index contributed by atoms with van der Waals surface area (Å²) in [5.74, 6) is 0.435. The summed E-state index contributed by atoms with van der Waals surface area (Å²) in [4.78, 5) is 18.3. The van der Waals surface area contributed by atoms with Crippen molar-refractivity contribution >= 4 is 27.9 Å². The number of rotatable bonds is 2. The van der Waals surface area contributed by atoms with E-state index < -0.39 is 0 Å². The van der Waals surface area contributed by atoms with Gasteiger partial charge in [0.05, 0.1) is 11.6 Å². The Kier molecular flexibility index (Phi) is 4.43. The molecule has 3 nitrogen and oxygen atoms in total. The molecule has 2 heterocycles. The summed E-state index contributed by atoms with van der Waals surface area (Å²) in [6, 6.07) is 27.0. The molecule has 0 saturated heterocycles. The lowest BCUT2D eigenvalue weighted by Gasteiger charge is -2.38. The average Bonchev–Trinajstić information content (AvgIpc) is 2.84. The lowest BCUT2D eigenvalue weighted by atomic mass is 9.71. The maximum Gasteiger partial charge on any atom is 0.162 e. The molecule has 0 fully saturated rings. The number of hydrogen-bond acceptors (Lipinski definition) is 3. The maximum atomic E-state index is 13.7. The van der Waals surface area contributed by atoms with Crippen molar-refractivity contribution in [1.82, 2.24) is 4.98 Å². The van der Waals surface area contributed by atoms with Crippen LogP contribution in [-0.2, 0) is 4.79 Å². The number of ketones is 1. The van der Waals surface area contributed by atoms with Crippen molar-refractivity contribution < 1.29 is 4.79 Å². The van der Waals surface area contributed by atoms with Crippen molar-refractivity contribution in [3.05, 3.63) is 113 Å². The van der Waals surface area contributed by atoms with Gasteiger partial charge in [-0.25, -0.2) is 0 Å². The van der Waals surface area contributed by atoms with E-state index in [4.69, 9.17) is 0 Å². The molecular weight excluding hydrogens is 392 g/mol. The van der Waals surface area contributed by atoms with Crippen LogP contribution in [0.25, 0.3) is 16.5 Å². The third-order valence-electron chi connectivity index (χ3n) is 6.95. The summed E-state index contributed by atoms with van der Waals surface area (Å²) in [5, 5.41) is 4.83. The van der Waals surface area contributed by atoms with Gasteiger partial charge in [0, 0.05) is 34.8 Å². The molecule has 3 aromatic carbocycles. The molecule has 0 radical (unpaired) electrons. The second-order valence-corrected chi connectivity index (χ2v) is 8.82. The summed E-state index contributed by atoms with van der Waals surface area (Å²) in [6.45, 7) is 2.12. The fourth-order valence-corrected chi connectivity index (χ4v) is 5.43. The normalized spacial score (nSPS) is 20.0. The van der Waals surface area contributed by atoms with E-state index in [-0.39, 0.29) is 17.7 Å². The van der Waals surface area contributed by atoms with Crippen LogP contribution in [0.2, 0.25) is 0 Å². The highest BCUT2D eigenvalue weighted by molar-refractivity contribution is 6.12. The topological polar surface area (TPSA) is 42.0 Å². The predicted octanol–water partition coefficient (Wildman–Crippen LogP) is 6.61. The Balaban J connectivity index is 1.60. The highest BCUT2D eigenvalue weighted by Gasteiger charge is 2.38. The number of nitrogens with zero attached hydrogens (tertiary/aromatic N) is 1. The molecule has 156 valence electrons. The van der Waals surface area contributed by atoms with Gasteiger partial charge < -0.3 is 5.32 Å². The number of hydrogen-bond donors (Lipinski definition) is 1. The van der Waals surface area contributed by atoms with Gasteiger partial charge in [-0.1, -0.05) is 60.7 Å². The smallest absolute Gasteiger partial charge is 0.162 e. The van der Waals surface area contributed by atoms with E-state index in [1.165, 1.54) is 22.3 Å². The van der Waals surface area contributed by atoms with Gasteiger partial charge in [-0.15, -0.1) is 0 Å². The first-order chi connectivity index (χ1) is 15.7. The van der Waals surface area contributed by atoms with Crippen molar-refractivity contribution in [3.8, 4) is 0 Å². The number of fused-ring (bicyclic) bond motifs is 4. The van der Waals surface area contributed by atoms with Crippen molar-refractivity contribution in [3.63, 3.8) is 0 Å². The van der Waals surface area contributed by atoms with Crippen LogP contribution in [0.15, 0.2) is 90.6 Å². The quantitative estimate of drug-likeness (QED) is 0.400. The molecular formula is C29H24N2O. The van der Waals surface area contributed by atoms with Crippen LogP contribution in [0.1, 0.15) is 47.1 Å². The largest absolute Gasteiger partial charge is 0.373 e. The molecule has 1 N–H and O–H groups in total. The molecule has 0 unspecified atom stereocenters. The Hall–Kier alpha value is -3.72. The number of aryl methyl sites for hydroxylation is 1. The maximum absolute atomic E-state index is 13.7. The summed E-state index contributed by atoms with van der Waals surface area (Å²) in [5.41, 5.74) is 8.89. The van der Waals surface area contributed by atoms with Crippen LogP contribution in [-0.4, -0.2) is 10.8 Å². The third-order valence-corrected chi connectivity index (χ3v) is 6.95. The van der Waals surface area contributed by atoms with Crippen LogP contribution >= 0.6 is 0 Å². The lowest BCUT2D eigenvalue weighted by molar-refractivity contribution is -0.116. The fourth-order valence-electron chi connectivity index (χ4n) is 5.43. The first kappa shape index (κ1) is 19.0. The van der Waals surface area contributed by atoms with Crippen molar-refractivity contribution in [2.75, 3.05) is 5.32 Å². The number of nitrogens with one attached hydrogen (secondary N) is 1. The highest BCUT2D eigenvalue weighted by atomic mass is 16.1. The van der Waals surface area contributed by atoms with Crippen molar-refractivity contribution in [2.24, 2.45) is 0 Å². The van der Waals surface area contributed by atoms with Gasteiger partial charge >= 0.3 is 0 Å². The Bertz CT molecular complexity index is 1390. The second-order valence-electron chi connectivity index (χ2n) is 8.82. The van der Waals surface area contributed by atoms with Gasteiger partial charge in [-0.3, -0.25) is 9.78 Å². The summed E-state index contributed by atoms with van der Waals surface area (Å²) in [6.07, 6.45) is 3.23. The molecule has 6 rings (SSSR count). The van der Waals surface area contributed by atoms with Crippen molar-refractivity contribution in [2.45, 2.75) is 31.7 Å². The number of benzene rings is 3. The number of Topliss-reactive ketones (excluding diaryl/α,β-unsaturated/α-hetero) is 1. The number of allylic oxidation sites excluding steroid dienone is 1. The molecule has 2 aliphatic rings. The van der Waals surface area contributed by atoms with E-state index in [2.05, 4.69) is 84.0 Å². The van der Waals surface area contributed by atoms with Gasteiger partial charge in [0.15, 0.2) is 5.78 Å². The van der Waals surface area contributed by atoms with Crippen LogP contribution < -0.4 is 5.32 Å². The Morgan fingerprint density at radius 1 is 0.875 bits per heavy atom. The van der Waals surface area contributed by atoms with Gasteiger partial charge in [0.25, 0.3) is 0 Å². The predicted molar refractivity (Wildman–Crippen MR) is 130 cm³/mol. The number of pyridine rings is 1. The van der Waals surface area contributed by atoms with Gasteiger partial charge in [-0.2, -0.15) is 0 Å². The monoisotopic (exact) mass is 416 g/mol. The van der Waals surface area contributed by atoms with Gasteiger partial charge in [-0.05, 0) is 59.7 Å². The molecule has 0 bridgehead atoms. The molecule has 1 aliphatic heterocycles. The van der Waals surface area contributed by atoms with Gasteiger partial charge in [0.1, 0.15) is 0 Å². The minimum atomic E-state index is -0.128. The number of carbonyl (C=O) groups is 1. The average molecular weight is 417 g/mol. The fraction of sp³-hybridized carbons (Fsp3) is 0.172. The molecule has 0 amide bonds. The third kappa shape index (κ3) is 2.96. The van der Waals surface area contributed by atoms with Gasteiger partial charge in [0.2, 0.25) is 0 Å². The molecule has 3 heteroatoms. The van der Waals surface area contributed by atoms with Crippen LogP contribution in [0.3, 0.4) is 0 Å². The van der Waals surface area contributed by atoms with Crippen LogP contribution in [0.4, 0.5) is 5.69 Å². The standard InChI is InChI=1S/C29H24N2O/c1-18-8-5-6-11-21(18)29-28-23(16-20(17-26(28)32)19-9-3-2-4-10-19)27-22-12-7-15-30-24(22)13-14-25(27)31-29/h2-15,20,29,31H,16-17H2,1H3/t20-,29-/m1/s1. The van der Waals surface area contributed by atoms with E-state index in [0.29, 0.717) is 6.42 Å². The molecule has 1 aromatic heterocycles. The number of aromatic nitrogens is 1. The number of anilines is 1. The molecule has 4 aromatic rings. The van der Waals surface area contributed by atoms with E-state index in [9.17, 15) is 4.79 Å². The first-order valence-corrected chi connectivity index (χ1v) is 11.2. The minimum absolute atomic E-state index is 0.128. The van der Waals surface area contributed by atoms with E-state index in [0.717, 1.165) is 34.1 Å². The molecule has 2 atom stereocenters. The zero-order valence-electron chi connectivity index (χ0n) is 18.0. The summed E-state index contributed by atoms with van der Waals surface area (Å²) in [7, 11) is 0. The Morgan fingerprint density at radius 3 is 2.53 bits per heavy atom. The van der Waals surface area contributed by atoms with E-state index in [1.54, 1.807) is 0 Å². The van der Waals surface area contributed by atoms with E-state index in [1.807, 2.05) is 18.3 Å². The van der Waals surface area contributed by atoms with Crippen LogP contribution in [0.5, 0.6) is 0 Å². The summed E-state index contributed by atoms with van der Waals surface area (Å²) < 4.78 is 0. The zero-order valence-corrected chi connectivity index (χ0v) is 18.0. The SMILES string of the molecule is Cc1ccccc1[C@H]1Nc2ccc3ncccc3c2C2=C1C(=O)C[C@H](c1ccccc1)C2. The molecule has 32 heavy (non-hydrogen) atoms. The van der Waals surface area contributed by atoms with Crippen molar-refractivity contribution in [1.29, 1.82) is 0 Å². The summed E-state index contributed by atoms with van der Waals surface area (Å²) >= 11 is 0.